The number of amides is 2. The molecular formula is C101H110F6N24O11S5. The van der Waals surface area contributed by atoms with Gasteiger partial charge in [-0.05, 0) is 197 Å². The van der Waals surface area contributed by atoms with Gasteiger partial charge in [-0.25, -0.2) is 87.9 Å². The van der Waals surface area contributed by atoms with Gasteiger partial charge < -0.3 is 75.8 Å². The summed E-state index contributed by atoms with van der Waals surface area (Å²) in [6.45, 7) is 21.9. The topological polar surface area (TPSA) is 436 Å². The van der Waals surface area contributed by atoms with Gasteiger partial charge in [-0.15, -0.1) is 0 Å². The number of thiazole rings is 5. The van der Waals surface area contributed by atoms with Gasteiger partial charge in [0.05, 0.1) is 40.9 Å². The molecule has 46 heteroatoms. The number of ether oxygens (including phenoxy) is 5. The third-order valence-electron chi connectivity index (χ3n) is 24.1. The molecular weight excluding hydrogens is 2000 g/mol. The molecule has 1 atom stereocenters. The van der Waals surface area contributed by atoms with Crippen molar-refractivity contribution in [1.82, 2.24) is 96.0 Å². The van der Waals surface area contributed by atoms with Crippen LogP contribution in [0, 0.1) is 23.4 Å². The second kappa shape index (κ2) is 49.0. The first kappa shape index (κ1) is 106. The summed E-state index contributed by atoms with van der Waals surface area (Å²) in [7, 11) is 1.85. The average Bonchev–Trinajstić information content (AvgIpc) is 1.58. The summed E-state index contributed by atoms with van der Waals surface area (Å²) in [5.41, 5.74) is 6.99. The Morgan fingerprint density at radius 3 is 1.35 bits per heavy atom. The van der Waals surface area contributed by atoms with Gasteiger partial charge in [-0.2, -0.15) is 13.2 Å². The number of ketones is 3. The molecule has 20 rings (SSSR count). The number of para-hydroxylation sites is 1. The van der Waals surface area contributed by atoms with Crippen LogP contribution in [0.15, 0.2) is 129 Å². The van der Waals surface area contributed by atoms with Gasteiger partial charge in [0, 0.05) is 112 Å². The Morgan fingerprint density at radius 1 is 0.503 bits per heavy atom. The Kier molecular flexibility index (Phi) is 35.5. The zero-order chi connectivity index (χ0) is 104. The number of aliphatic hydroxyl groups is 1. The van der Waals surface area contributed by atoms with Crippen molar-refractivity contribution in [3.63, 3.8) is 0 Å². The molecule has 15 aromatic rings. The molecule has 35 nitrogen and oxygen atoms in total. The van der Waals surface area contributed by atoms with Crippen LogP contribution in [0.3, 0.4) is 0 Å². The summed E-state index contributed by atoms with van der Waals surface area (Å²) in [5.74, 6) is 2.47. The minimum absolute atomic E-state index is 0.0187. The highest BCUT2D eigenvalue weighted by atomic mass is 32.1. The molecule has 5 aromatic carbocycles. The molecule has 10 aromatic heterocycles. The van der Waals surface area contributed by atoms with Crippen LogP contribution >= 0.6 is 56.7 Å². The number of aliphatic hydroxyl groups excluding tert-OH is 1. The molecule has 0 bridgehead atoms. The van der Waals surface area contributed by atoms with Gasteiger partial charge in [-0.1, -0.05) is 108 Å². The van der Waals surface area contributed by atoms with Crippen LogP contribution in [0.25, 0.3) is 51.7 Å². The summed E-state index contributed by atoms with van der Waals surface area (Å²) in [4.78, 5) is 135. The molecule has 3 saturated heterocycles. The van der Waals surface area contributed by atoms with E-state index in [9.17, 15) is 55.4 Å². The van der Waals surface area contributed by atoms with Gasteiger partial charge in [0.15, 0.2) is 71.5 Å². The number of nitrogens with zero attached hydrogens (tertiary/aromatic N) is 17. The van der Waals surface area contributed by atoms with Crippen molar-refractivity contribution in [3.8, 4) is 17.2 Å². The Labute approximate surface area is 861 Å². The van der Waals surface area contributed by atoms with E-state index in [-0.39, 0.29) is 88.2 Å². The van der Waals surface area contributed by atoms with E-state index < -0.39 is 17.6 Å². The van der Waals surface area contributed by atoms with Gasteiger partial charge in [-0.3, -0.25) is 24.0 Å². The summed E-state index contributed by atoms with van der Waals surface area (Å²) < 4.78 is 108. The Morgan fingerprint density at radius 2 is 0.925 bits per heavy atom. The number of unbranched alkanes of at least 4 members (excludes halogenated alkanes) is 3. The normalized spacial score (nSPS) is 15.2. The predicted octanol–water partition coefficient (Wildman–Crippen LogP) is 19.9. The molecule has 0 saturated carbocycles. The van der Waals surface area contributed by atoms with E-state index in [4.69, 9.17) is 23.7 Å². The lowest BCUT2D eigenvalue weighted by Crippen LogP contribution is -2.42. The van der Waals surface area contributed by atoms with E-state index in [1.54, 1.807) is 18.2 Å². The second-order valence-corrected chi connectivity index (χ2v) is 41.2. The fourth-order valence-corrected chi connectivity index (χ4v) is 21.0. The zero-order valence-corrected chi connectivity index (χ0v) is 86.1. The van der Waals surface area contributed by atoms with Gasteiger partial charge >= 0.3 is 6.18 Å². The summed E-state index contributed by atoms with van der Waals surface area (Å²) in [6, 6.07) is 24.8. The van der Waals surface area contributed by atoms with Gasteiger partial charge in [0.1, 0.15) is 118 Å². The van der Waals surface area contributed by atoms with E-state index in [0.29, 0.717) is 224 Å². The van der Waals surface area contributed by atoms with Gasteiger partial charge in [0.2, 0.25) is 0 Å². The number of Topliss-reactive ketones (excluding diaryl/α,β-unsaturated/α-hetero) is 3. The highest BCUT2D eigenvalue weighted by Crippen LogP contribution is 2.49. The van der Waals surface area contributed by atoms with E-state index in [0.717, 1.165) is 89.2 Å². The number of hydrogen-bond acceptors (Lipinski definition) is 38. The molecule has 3 fully saturated rings. The number of rotatable bonds is 34. The lowest BCUT2D eigenvalue weighted by molar-refractivity contribution is -0.137. The minimum Gasteiger partial charge on any atom is -0.489 e. The van der Waals surface area contributed by atoms with Crippen molar-refractivity contribution >= 4 is 195 Å². The fraction of sp³-hybridized carbons (Fsp3) is 0.406. The Balaban J connectivity index is 0.000000131. The van der Waals surface area contributed by atoms with E-state index in [1.807, 2.05) is 65.6 Å². The minimum atomic E-state index is -4.38. The van der Waals surface area contributed by atoms with E-state index >= 15 is 0 Å². The molecule has 772 valence electrons. The third kappa shape index (κ3) is 26.8. The lowest BCUT2D eigenvalue weighted by Gasteiger charge is -2.25. The third-order valence-corrected chi connectivity index (χ3v) is 29.0. The van der Waals surface area contributed by atoms with Crippen LogP contribution in [0.4, 0.5) is 83.9 Å². The molecule has 0 radical (unpaired) electrons. The SMILES string of the molecule is CC(C)Oc1cc(F)ccc1Nc1ncnc2sc(C(=O)CC3CNC3)nc12.CC1(CCO)CN(c2ncnc3sc(C(=O)NC4CCOCC4)nc23)c2ccccc21.CCCCCCC(=O)c1nc2c(Nc3ccc(F)cc3OC(C)C)ncnc2s1.CNCCCC(=O)c1nc2c(Nc3ccc(F)cc3OC(C)C)ncnc2s1.O=C(NC1CCOCC1)c1nc2c(N3CCc4cc(C(F)(F)F)ccc43)ncnc2s1. The number of benzene rings is 5. The number of aromatic nitrogens is 15. The second-order valence-electron chi connectivity index (χ2n) is 36.3. The summed E-state index contributed by atoms with van der Waals surface area (Å²) in [6.07, 6.45) is 13.0. The molecule has 0 aliphatic carbocycles. The monoisotopic (exact) mass is 2110 g/mol. The van der Waals surface area contributed by atoms with Crippen molar-refractivity contribution in [3.05, 3.63) is 188 Å². The van der Waals surface area contributed by atoms with Crippen molar-refractivity contribution < 1.29 is 79.1 Å². The molecule has 1 unspecified atom stereocenters. The highest BCUT2D eigenvalue weighted by molar-refractivity contribution is 7.21. The zero-order valence-electron chi connectivity index (χ0n) is 82.0. The van der Waals surface area contributed by atoms with E-state index in [1.165, 1.54) is 142 Å². The van der Waals surface area contributed by atoms with Crippen molar-refractivity contribution in [1.29, 1.82) is 0 Å². The first-order valence-electron chi connectivity index (χ1n) is 48.4. The van der Waals surface area contributed by atoms with Crippen molar-refractivity contribution in [2.75, 3.05) is 98.6 Å². The smallest absolute Gasteiger partial charge is 0.416 e. The van der Waals surface area contributed by atoms with Crippen LogP contribution in [0.1, 0.15) is 205 Å². The summed E-state index contributed by atoms with van der Waals surface area (Å²) in [5, 5.41) is 33.3. The number of hydrogen-bond donors (Lipinski definition) is 8. The number of fused-ring (bicyclic) bond motifs is 7. The Bertz CT molecular complexity index is 7180. The van der Waals surface area contributed by atoms with Crippen molar-refractivity contribution in [2.24, 2.45) is 5.92 Å². The maximum absolute atomic E-state index is 13.7. The van der Waals surface area contributed by atoms with Crippen LogP contribution < -0.4 is 61.2 Å². The highest BCUT2D eigenvalue weighted by Gasteiger charge is 2.41. The quantitative estimate of drug-likeness (QED) is 0.0105. The predicted molar refractivity (Wildman–Crippen MR) is 556 cm³/mol. The number of halogens is 6. The maximum Gasteiger partial charge on any atom is 0.416 e. The molecule has 5 aliphatic rings. The molecule has 8 N–H and O–H groups in total. The molecule has 15 heterocycles. The van der Waals surface area contributed by atoms with Crippen LogP contribution in [-0.4, -0.2) is 212 Å². The maximum atomic E-state index is 13.7. The molecule has 2 amide bonds. The first-order valence-corrected chi connectivity index (χ1v) is 52.5. The Hall–Kier alpha value is -13.3. The number of nitrogens with one attached hydrogen (secondary N) is 7. The average molecular weight is 2110 g/mol. The number of alkyl halides is 3. The molecule has 0 spiro atoms. The molecule has 147 heavy (non-hydrogen) atoms. The number of carbonyl (C=O) groups excluding carboxylic acids is 5. The molecule has 5 aliphatic heterocycles. The van der Waals surface area contributed by atoms with Crippen molar-refractivity contribution in [2.45, 2.75) is 187 Å². The number of carbonyl (C=O) groups is 5. The summed E-state index contributed by atoms with van der Waals surface area (Å²) >= 11 is 6.23. The van der Waals surface area contributed by atoms with Gasteiger partial charge in [0.25, 0.3) is 11.8 Å². The van der Waals surface area contributed by atoms with Crippen LogP contribution in [-0.2, 0) is 27.5 Å². The van der Waals surface area contributed by atoms with Crippen LogP contribution in [0.2, 0.25) is 0 Å². The lowest BCUT2D eigenvalue weighted by atomic mass is 9.82. The van der Waals surface area contributed by atoms with Crippen LogP contribution in [0.5, 0.6) is 17.2 Å². The standard InChI is InChI=1S/C22H25N5O3S.C21H25FN4O2S.C20H18F3N5O2S.C19H20FN5O2S.C19H22FN5O2S/c1-22(8-9-28)12-27(16-5-3-2-4-15(16)22)18-17-20(24-13-23-18)31-21(26-17)19(29)25-14-6-10-30-11-7-14;1-4-5-6-7-8-16(27)20-26-18-19(23-12-24-21(18)29-20)25-15-10-9-14(22)11-17(15)28-13(2)3;21-20(22,23)12-1-2-14-11(9-12)3-6-28(14)16-15-18(25-10-24-16)31-19(27-15)17(29)26-13-4-7-30-8-5-13;1-10(2)27-15-6-12(20)3-4-13(15)24-17-16-19(23-9-22-17)28-18(25-16)14(26)5-11-7-21-8-11;1-11(2)27-15-9-12(20)6-7-13(15)24-17-16-19(23-10-22-17)28-18(25-16)14(26)5-4-8-21-3/h2-5,13-14,28H,6-12H2,1H3,(H,25,29);9-13H,4-8H2,1-3H3,(H,23,24,25);1-2,9-10,13H,3-8H2,(H,26,29);3-4,6,9-11,21H,5,7-8H2,1-2H3,(H,22,23,24);6-7,9-11,21H,4-5,8H2,1-3H3,(H,22,23,24). The fourth-order valence-electron chi connectivity index (χ4n) is 16.8. The number of anilines is 10. The largest absolute Gasteiger partial charge is 0.489 e. The van der Waals surface area contributed by atoms with E-state index in [2.05, 4.69) is 143 Å². The first-order chi connectivity index (χ1) is 70.9.